The molecular weight excluding hydrogens is 454 g/mol. The van der Waals surface area contributed by atoms with Crippen LogP contribution in [0.1, 0.15) is 56.1 Å². The van der Waals surface area contributed by atoms with E-state index in [4.69, 9.17) is 11.6 Å². The number of hydrogen-bond donors (Lipinski definition) is 1. The monoisotopic (exact) mass is 483 g/mol. The van der Waals surface area contributed by atoms with E-state index in [-0.39, 0.29) is 24.4 Å². The van der Waals surface area contributed by atoms with E-state index >= 15 is 0 Å². The van der Waals surface area contributed by atoms with E-state index in [9.17, 15) is 9.59 Å². The van der Waals surface area contributed by atoms with E-state index < -0.39 is 5.54 Å². The molecule has 2 aromatic heterocycles. The second kappa shape index (κ2) is 8.48. The van der Waals surface area contributed by atoms with E-state index in [1.165, 1.54) is 6.42 Å². The molecule has 0 unspecified atom stereocenters. The van der Waals surface area contributed by atoms with Crippen LogP contribution in [0.2, 0.25) is 5.02 Å². The van der Waals surface area contributed by atoms with Crippen LogP contribution in [0.3, 0.4) is 0 Å². The zero-order chi connectivity index (χ0) is 23.3. The van der Waals surface area contributed by atoms with Gasteiger partial charge in [-0.1, -0.05) is 56.5 Å². The van der Waals surface area contributed by atoms with Crippen LogP contribution in [0, 0.1) is 11.8 Å². The quantitative estimate of drug-likeness (QED) is 0.516. The molecule has 2 aliphatic rings. The lowest BCUT2D eigenvalue weighted by Crippen LogP contribution is -2.65. The summed E-state index contributed by atoms with van der Waals surface area (Å²) < 4.78 is 3.08. The molecule has 4 atom stereocenters. The van der Waals surface area contributed by atoms with Crippen LogP contribution in [0.4, 0.5) is 0 Å². The smallest absolute Gasteiger partial charge is 0.271 e. The van der Waals surface area contributed by atoms with Gasteiger partial charge in [0.15, 0.2) is 0 Å². The number of nitrogens with zero attached hydrogens (tertiary/aromatic N) is 2. The molecule has 0 saturated heterocycles. The number of benzene rings is 1. The molecule has 1 fully saturated rings. The molecule has 5 nitrogen and oxygen atoms in total. The molecule has 1 saturated carbocycles. The Labute approximate surface area is 203 Å². The van der Waals surface area contributed by atoms with Crippen molar-refractivity contribution in [3.05, 3.63) is 58.1 Å². The number of amides is 2. The summed E-state index contributed by atoms with van der Waals surface area (Å²) >= 11 is 8.07. The van der Waals surface area contributed by atoms with Gasteiger partial charge in [0.2, 0.25) is 5.91 Å². The zero-order valence-corrected chi connectivity index (χ0v) is 20.9. The van der Waals surface area contributed by atoms with Gasteiger partial charge in [-0.2, -0.15) is 0 Å². The number of halogens is 1. The van der Waals surface area contributed by atoms with Gasteiger partial charge in [0.1, 0.15) is 11.2 Å². The van der Waals surface area contributed by atoms with Gasteiger partial charge in [0.25, 0.3) is 5.91 Å². The van der Waals surface area contributed by atoms with Gasteiger partial charge in [0.05, 0.1) is 16.8 Å². The van der Waals surface area contributed by atoms with Crippen molar-refractivity contribution in [1.29, 1.82) is 0 Å². The average molecular weight is 484 g/mol. The molecule has 0 spiro atoms. The Morgan fingerprint density at radius 1 is 1.24 bits per heavy atom. The number of rotatable bonds is 4. The maximum Gasteiger partial charge on any atom is 0.271 e. The summed E-state index contributed by atoms with van der Waals surface area (Å²) in [6.45, 7) is 7.09. The Balaban J connectivity index is 1.54. The molecule has 7 heteroatoms. The van der Waals surface area contributed by atoms with E-state index in [0.717, 1.165) is 28.6 Å². The highest BCUT2D eigenvalue weighted by molar-refractivity contribution is 7.17. The molecule has 174 valence electrons. The van der Waals surface area contributed by atoms with Crippen molar-refractivity contribution in [2.75, 3.05) is 0 Å². The number of fused-ring (bicyclic) bond motifs is 3. The summed E-state index contributed by atoms with van der Waals surface area (Å²) in [7, 11) is 0. The molecule has 1 aliphatic carbocycles. The zero-order valence-electron chi connectivity index (χ0n) is 19.3. The van der Waals surface area contributed by atoms with Crippen molar-refractivity contribution in [3.63, 3.8) is 0 Å². The highest BCUT2D eigenvalue weighted by Gasteiger charge is 2.48. The number of hydrogen-bond acceptors (Lipinski definition) is 3. The molecule has 33 heavy (non-hydrogen) atoms. The van der Waals surface area contributed by atoms with Gasteiger partial charge in [-0.25, -0.2) is 0 Å². The van der Waals surface area contributed by atoms with Crippen LogP contribution < -0.4 is 5.32 Å². The Hall–Kier alpha value is -2.31. The third-order valence-corrected chi connectivity index (χ3v) is 9.07. The maximum atomic E-state index is 13.9. The Morgan fingerprint density at radius 3 is 2.82 bits per heavy atom. The minimum Gasteiger partial charge on any atom is -0.351 e. The van der Waals surface area contributed by atoms with Gasteiger partial charge >= 0.3 is 0 Å². The third-order valence-electron chi connectivity index (χ3n) is 7.85. The van der Waals surface area contributed by atoms with E-state index in [0.29, 0.717) is 29.1 Å². The van der Waals surface area contributed by atoms with Crippen molar-refractivity contribution >= 4 is 45.0 Å². The largest absolute Gasteiger partial charge is 0.351 e. The lowest BCUT2D eigenvalue weighted by atomic mass is 9.77. The highest BCUT2D eigenvalue weighted by Crippen LogP contribution is 2.37. The molecular formula is C26H30ClN3O2S. The summed E-state index contributed by atoms with van der Waals surface area (Å²) in [5, 5.41) is 5.98. The van der Waals surface area contributed by atoms with Gasteiger partial charge < -0.3 is 14.8 Å². The van der Waals surface area contributed by atoms with Crippen LogP contribution in [0.25, 0.3) is 10.2 Å². The predicted molar refractivity (Wildman–Crippen MR) is 134 cm³/mol. The molecule has 0 bridgehead atoms. The lowest BCUT2D eigenvalue weighted by molar-refractivity contribution is -0.134. The maximum absolute atomic E-state index is 13.9. The highest BCUT2D eigenvalue weighted by atomic mass is 35.5. The number of carbonyl (C=O) groups is 2. The first-order valence-electron chi connectivity index (χ1n) is 11.7. The minimum absolute atomic E-state index is 0.0865. The van der Waals surface area contributed by atoms with E-state index in [1.54, 1.807) is 16.2 Å². The third kappa shape index (κ3) is 3.77. The Bertz CT molecular complexity index is 1220. The molecule has 3 heterocycles. The number of nitrogens with one attached hydrogen (secondary N) is 1. The second-order valence-corrected chi connectivity index (χ2v) is 11.2. The molecule has 1 N–H and O–H groups in total. The SMILES string of the molecule is C[C@H]1[C@H](C)CCC[C@@H]1NC(=O)[C@]1(C)Cn2c(cc3sccc32)C(=O)N1Cc1ccccc1Cl. The summed E-state index contributed by atoms with van der Waals surface area (Å²) in [6.07, 6.45) is 3.30. The van der Waals surface area contributed by atoms with Gasteiger partial charge in [-0.3, -0.25) is 9.59 Å². The first-order valence-corrected chi connectivity index (χ1v) is 13.0. The lowest BCUT2D eigenvalue weighted by Gasteiger charge is -2.45. The Kier molecular flexibility index (Phi) is 5.78. The van der Waals surface area contributed by atoms with Crippen LogP contribution in [-0.2, 0) is 17.9 Å². The normalized spacial score (nSPS) is 27.6. The van der Waals surface area contributed by atoms with Crippen LogP contribution >= 0.6 is 22.9 Å². The van der Waals surface area contributed by atoms with Gasteiger partial charge in [-0.15, -0.1) is 11.3 Å². The molecule has 5 rings (SSSR count). The van der Waals surface area contributed by atoms with Crippen LogP contribution in [0.15, 0.2) is 41.8 Å². The fraction of sp³-hybridized carbons (Fsp3) is 0.462. The van der Waals surface area contributed by atoms with Crippen molar-refractivity contribution < 1.29 is 9.59 Å². The predicted octanol–water partition coefficient (Wildman–Crippen LogP) is 5.71. The van der Waals surface area contributed by atoms with Crippen molar-refractivity contribution in [2.45, 2.75) is 64.7 Å². The topological polar surface area (TPSA) is 54.3 Å². The summed E-state index contributed by atoms with van der Waals surface area (Å²) in [5.74, 6) is 0.766. The molecule has 1 aromatic carbocycles. The average Bonchev–Trinajstić information content (AvgIpc) is 3.38. The number of aromatic nitrogens is 1. The molecule has 0 radical (unpaired) electrons. The van der Waals surface area contributed by atoms with E-state index in [2.05, 4.69) is 19.2 Å². The standard InChI is InChI=1S/C26H30ClN3O2S/c1-16-7-6-10-20(17(16)2)28-25(32)26(3)15-29-21-11-12-33-23(21)13-22(29)24(31)30(26)14-18-8-4-5-9-19(18)27/h4-5,8-9,11-13,16-17,20H,6-7,10,14-15H2,1-3H3,(H,28,32)/t16-,17+,20+,26+/m1/s1. The van der Waals surface area contributed by atoms with Gasteiger partial charge in [0, 0.05) is 17.6 Å². The first-order chi connectivity index (χ1) is 15.8. The molecule has 2 amide bonds. The number of thiophene rings is 1. The number of carbonyl (C=O) groups excluding carboxylic acids is 2. The summed E-state index contributed by atoms with van der Waals surface area (Å²) in [5.41, 5.74) is 1.46. The summed E-state index contributed by atoms with van der Waals surface area (Å²) in [6, 6.07) is 11.6. The minimum atomic E-state index is -1.03. The van der Waals surface area contributed by atoms with Crippen LogP contribution in [0.5, 0.6) is 0 Å². The Morgan fingerprint density at radius 2 is 2.03 bits per heavy atom. The van der Waals surface area contributed by atoms with Crippen LogP contribution in [-0.4, -0.2) is 32.9 Å². The molecule has 1 aliphatic heterocycles. The fourth-order valence-electron chi connectivity index (χ4n) is 5.43. The molecule has 3 aromatic rings. The second-order valence-electron chi connectivity index (χ2n) is 9.89. The van der Waals surface area contributed by atoms with Crippen molar-refractivity contribution in [1.82, 2.24) is 14.8 Å². The summed E-state index contributed by atoms with van der Waals surface area (Å²) in [4.78, 5) is 29.5. The van der Waals surface area contributed by atoms with Crippen molar-refractivity contribution in [3.8, 4) is 0 Å². The van der Waals surface area contributed by atoms with Gasteiger partial charge in [-0.05, 0) is 54.3 Å². The van der Waals surface area contributed by atoms with Crippen molar-refractivity contribution in [2.24, 2.45) is 11.8 Å². The van der Waals surface area contributed by atoms with E-state index in [1.807, 2.05) is 53.3 Å². The fourth-order valence-corrected chi connectivity index (χ4v) is 6.45. The first kappa shape index (κ1) is 22.5.